The number of carboxylic acid groups (broad SMARTS) is 1. The van der Waals surface area contributed by atoms with E-state index in [9.17, 15) is 14.0 Å². The van der Waals surface area contributed by atoms with Crippen LogP contribution in [0.1, 0.15) is 35.5 Å². The van der Waals surface area contributed by atoms with Gasteiger partial charge in [-0.3, -0.25) is 9.59 Å². The molecular weight excluding hydrogens is 305 g/mol. The molecule has 22 heavy (non-hydrogen) atoms. The lowest BCUT2D eigenvalue weighted by Crippen LogP contribution is -2.38. The van der Waals surface area contributed by atoms with Crippen LogP contribution in [0.5, 0.6) is 0 Å². The normalized spacial score (nSPS) is 11.1. The van der Waals surface area contributed by atoms with Gasteiger partial charge in [-0.15, -0.1) is 11.3 Å². The van der Waals surface area contributed by atoms with Gasteiger partial charge in [-0.25, -0.2) is 4.39 Å². The molecule has 1 N–H and O–H groups in total. The zero-order valence-electron chi connectivity index (χ0n) is 12.7. The molecule has 0 spiro atoms. The Kier molecular flexibility index (Phi) is 4.81. The van der Waals surface area contributed by atoms with E-state index in [-0.39, 0.29) is 30.7 Å². The molecule has 1 aromatic heterocycles. The maximum absolute atomic E-state index is 13.3. The maximum Gasteiger partial charge on any atom is 0.305 e. The van der Waals surface area contributed by atoms with Crippen LogP contribution in [0.25, 0.3) is 10.1 Å². The second kappa shape index (κ2) is 6.44. The van der Waals surface area contributed by atoms with Crippen LogP contribution in [0.4, 0.5) is 4.39 Å². The standard InChI is InChI=1S/C16H18FNO3S/c1-9(2)18(7-6-14(19)20)16(21)15-10(3)12-5-4-11(17)8-13(12)22-15/h4-5,8-9H,6-7H2,1-3H3,(H,19,20). The molecule has 0 radical (unpaired) electrons. The van der Waals surface area contributed by atoms with Crippen LogP contribution >= 0.6 is 11.3 Å². The van der Waals surface area contributed by atoms with Crippen LogP contribution < -0.4 is 0 Å². The highest BCUT2D eigenvalue weighted by molar-refractivity contribution is 7.21. The maximum atomic E-state index is 13.3. The fourth-order valence-electron chi connectivity index (χ4n) is 2.34. The molecule has 4 nitrogen and oxygen atoms in total. The SMILES string of the molecule is Cc1c(C(=O)N(CCC(=O)O)C(C)C)sc2cc(F)ccc12. The van der Waals surface area contributed by atoms with E-state index in [0.29, 0.717) is 4.88 Å². The van der Waals surface area contributed by atoms with Crippen LogP contribution in [-0.2, 0) is 4.79 Å². The molecule has 0 atom stereocenters. The molecule has 0 saturated carbocycles. The fraction of sp³-hybridized carbons (Fsp3) is 0.375. The first-order valence-corrected chi connectivity index (χ1v) is 7.84. The van der Waals surface area contributed by atoms with Gasteiger partial charge in [-0.1, -0.05) is 6.07 Å². The number of hydrogen-bond donors (Lipinski definition) is 1. The second-order valence-electron chi connectivity index (χ2n) is 5.43. The van der Waals surface area contributed by atoms with E-state index < -0.39 is 5.97 Å². The van der Waals surface area contributed by atoms with E-state index >= 15 is 0 Å². The summed E-state index contributed by atoms with van der Waals surface area (Å²) in [4.78, 5) is 25.6. The van der Waals surface area contributed by atoms with Gasteiger partial charge >= 0.3 is 5.97 Å². The van der Waals surface area contributed by atoms with Crippen molar-refractivity contribution in [1.82, 2.24) is 4.90 Å². The summed E-state index contributed by atoms with van der Waals surface area (Å²) in [5.74, 6) is -1.47. The van der Waals surface area contributed by atoms with Gasteiger partial charge in [0.2, 0.25) is 0 Å². The highest BCUT2D eigenvalue weighted by atomic mass is 32.1. The van der Waals surface area contributed by atoms with Gasteiger partial charge in [0.15, 0.2) is 0 Å². The van der Waals surface area contributed by atoms with Crippen LogP contribution in [0, 0.1) is 12.7 Å². The van der Waals surface area contributed by atoms with Gasteiger partial charge in [0, 0.05) is 17.3 Å². The van der Waals surface area contributed by atoms with Crippen LogP contribution in [-0.4, -0.2) is 34.5 Å². The topological polar surface area (TPSA) is 57.6 Å². The summed E-state index contributed by atoms with van der Waals surface area (Å²) in [5, 5.41) is 9.68. The highest BCUT2D eigenvalue weighted by Crippen LogP contribution is 2.32. The number of halogens is 1. The predicted octanol–water partition coefficient (Wildman–Crippen LogP) is 3.67. The molecule has 0 aliphatic heterocycles. The smallest absolute Gasteiger partial charge is 0.305 e. The molecule has 1 aromatic carbocycles. The number of fused-ring (bicyclic) bond motifs is 1. The minimum Gasteiger partial charge on any atom is -0.481 e. The summed E-state index contributed by atoms with van der Waals surface area (Å²) in [6.07, 6.45) is -0.0948. The molecule has 0 saturated heterocycles. The van der Waals surface area contributed by atoms with Crippen molar-refractivity contribution in [2.24, 2.45) is 0 Å². The Morgan fingerprint density at radius 2 is 2.05 bits per heavy atom. The number of amides is 1. The summed E-state index contributed by atoms with van der Waals surface area (Å²) in [6.45, 7) is 5.69. The summed E-state index contributed by atoms with van der Waals surface area (Å²) < 4.78 is 14.0. The lowest BCUT2D eigenvalue weighted by atomic mass is 10.1. The Balaban J connectivity index is 2.38. The second-order valence-corrected chi connectivity index (χ2v) is 6.48. The van der Waals surface area contributed by atoms with E-state index in [1.807, 2.05) is 20.8 Å². The number of aryl methyl sites for hydroxylation is 1. The third-order valence-corrected chi connectivity index (χ3v) is 4.79. The average Bonchev–Trinajstić information content (AvgIpc) is 2.74. The van der Waals surface area contributed by atoms with Gasteiger partial charge in [0.05, 0.1) is 11.3 Å². The van der Waals surface area contributed by atoms with Gasteiger partial charge in [-0.2, -0.15) is 0 Å². The van der Waals surface area contributed by atoms with Gasteiger partial charge in [-0.05, 0) is 43.9 Å². The lowest BCUT2D eigenvalue weighted by molar-refractivity contribution is -0.137. The van der Waals surface area contributed by atoms with Gasteiger partial charge < -0.3 is 10.0 Å². The minimum atomic E-state index is -0.936. The van der Waals surface area contributed by atoms with E-state index in [2.05, 4.69) is 0 Å². The molecule has 2 rings (SSSR count). The average molecular weight is 323 g/mol. The number of hydrogen-bond acceptors (Lipinski definition) is 3. The molecule has 1 heterocycles. The molecule has 0 aliphatic carbocycles. The largest absolute Gasteiger partial charge is 0.481 e. The lowest BCUT2D eigenvalue weighted by Gasteiger charge is -2.26. The van der Waals surface area contributed by atoms with E-state index in [1.165, 1.54) is 23.5 Å². The Hall–Kier alpha value is -1.95. The van der Waals surface area contributed by atoms with Crippen molar-refractivity contribution in [2.75, 3.05) is 6.54 Å². The first kappa shape index (κ1) is 16.4. The molecular formula is C16H18FNO3S. The Labute approximate surface area is 132 Å². The molecule has 1 amide bonds. The first-order chi connectivity index (χ1) is 10.3. The number of rotatable bonds is 5. The third kappa shape index (κ3) is 3.27. The van der Waals surface area contributed by atoms with E-state index in [0.717, 1.165) is 15.6 Å². The van der Waals surface area contributed by atoms with Gasteiger partial charge in [0.1, 0.15) is 5.82 Å². The zero-order chi connectivity index (χ0) is 16.4. The number of carboxylic acids is 1. The molecule has 6 heteroatoms. The first-order valence-electron chi connectivity index (χ1n) is 7.02. The van der Waals surface area contributed by atoms with Crippen molar-refractivity contribution in [3.05, 3.63) is 34.5 Å². The van der Waals surface area contributed by atoms with Crippen LogP contribution in [0.3, 0.4) is 0 Å². The quantitative estimate of drug-likeness (QED) is 0.913. The van der Waals surface area contributed by atoms with Crippen molar-refractivity contribution in [2.45, 2.75) is 33.2 Å². The third-order valence-electron chi connectivity index (χ3n) is 3.55. The minimum absolute atomic E-state index is 0.0948. The molecule has 0 bridgehead atoms. The summed E-state index contributed by atoms with van der Waals surface area (Å²) >= 11 is 1.25. The van der Waals surface area contributed by atoms with Crippen molar-refractivity contribution in [3.8, 4) is 0 Å². The van der Waals surface area contributed by atoms with Crippen LogP contribution in [0.2, 0.25) is 0 Å². The summed E-state index contributed by atoms with van der Waals surface area (Å²) in [6, 6.07) is 4.36. The summed E-state index contributed by atoms with van der Waals surface area (Å²) in [7, 11) is 0. The number of benzene rings is 1. The van der Waals surface area contributed by atoms with Gasteiger partial charge in [0.25, 0.3) is 5.91 Å². The Morgan fingerprint density at radius 1 is 1.36 bits per heavy atom. The summed E-state index contributed by atoms with van der Waals surface area (Å²) in [5.41, 5.74) is 0.811. The molecule has 118 valence electrons. The monoisotopic (exact) mass is 323 g/mol. The van der Waals surface area contributed by atoms with E-state index in [1.54, 1.807) is 11.0 Å². The number of thiophene rings is 1. The predicted molar refractivity (Wildman–Crippen MR) is 84.9 cm³/mol. The fourth-order valence-corrected chi connectivity index (χ4v) is 3.53. The van der Waals surface area contributed by atoms with Crippen LogP contribution in [0.15, 0.2) is 18.2 Å². The van der Waals surface area contributed by atoms with Crippen molar-refractivity contribution < 1.29 is 19.1 Å². The molecule has 0 aliphatic rings. The number of aliphatic carboxylic acids is 1. The Morgan fingerprint density at radius 3 is 2.64 bits per heavy atom. The molecule has 2 aromatic rings. The van der Waals surface area contributed by atoms with Crippen molar-refractivity contribution in [3.63, 3.8) is 0 Å². The van der Waals surface area contributed by atoms with Crippen molar-refractivity contribution >= 4 is 33.3 Å². The van der Waals surface area contributed by atoms with E-state index in [4.69, 9.17) is 5.11 Å². The van der Waals surface area contributed by atoms with Crippen molar-refractivity contribution in [1.29, 1.82) is 0 Å². The zero-order valence-corrected chi connectivity index (χ0v) is 13.5. The highest BCUT2D eigenvalue weighted by Gasteiger charge is 2.24. The number of carbonyl (C=O) groups excluding carboxylic acids is 1. The molecule has 0 fully saturated rings. The number of carbonyl (C=O) groups is 2. The number of nitrogens with zero attached hydrogens (tertiary/aromatic N) is 1. The Bertz CT molecular complexity index is 723. The molecule has 0 unspecified atom stereocenters.